The quantitative estimate of drug-likeness (QED) is 0.715. The first-order chi connectivity index (χ1) is 12.4. The average Bonchev–Trinajstić information content (AvgIpc) is 2.57. The van der Waals surface area contributed by atoms with Gasteiger partial charge in [0.1, 0.15) is 5.82 Å². The van der Waals surface area contributed by atoms with E-state index in [1.807, 2.05) is 0 Å². The molecule has 1 aromatic rings. The van der Waals surface area contributed by atoms with Crippen LogP contribution in [0.25, 0.3) is 0 Å². The second-order valence-corrected chi connectivity index (χ2v) is 7.51. The van der Waals surface area contributed by atoms with Crippen LogP contribution in [0, 0.1) is 11.4 Å². The predicted octanol–water partition coefficient (Wildman–Crippen LogP) is 3.59. The van der Waals surface area contributed by atoms with Crippen molar-refractivity contribution in [3.63, 3.8) is 0 Å². The Morgan fingerprint density at radius 1 is 1.08 bits per heavy atom. The fraction of sp³-hybridized carbons (Fsp3) is 0.667. The molecule has 8 heteroatoms. The number of amides is 3. The van der Waals surface area contributed by atoms with E-state index >= 15 is 0 Å². The van der Waals surface area contributed by atoms with Crippen molar-refractivity contribution in [3.05, 3.63) is 12.0 Å². The molecule has 0 aliphatic heterocycles. The number of carbonyl (C=O) groups is 2. The van der Waals surface area contributed by atoms with Crippen molar-refractivity contribution < 1.29 is 14.0 Å². The minimum atomic E-state index is -0.823. The van der Waals surface area contributed by atoms with Gasteiger partial charge in [0, 0.05) is 19.0 Å². The number of nitrogens with one attached hydrogen (secondary N) is 3. The molecule has 0 unspecified atom stereocenters. The van der Waals surface area contributed by atoms with Crippen LogP contribution < -0.4 is 16.0 Å². The zero-order chi connectivity index (χ0) is 18.6. The van der Waals surface area contributed by atoms with Gasteiger partial charge in [0.25, 0.3) is 0 Å². The summed E-state index contributed by atoms with van der Waals surface area (Å²) >= 11 is 0. The van der Waals surface area contributed by atoms with Gasteiger partial charge in [-0.05, 0) is 43.9 Å². The van der Waals surface area contributed by atoms with Crippen molar-refractivity contribution in [2.75, 3.05) is 10.6 Å². The number of carbonyl (C=O) groups excluding carboxylic acids is 2. The molecule has 0 saturated heterocycles. The van der Waals surface area contributed by atoms with Gasteiger partial charge >= 0.3 is 6.03 Å². The standard InChI is InChI=1S/C18H26FN5O2/c1-12(25)20-16-22-14(19)11-15(23-16)24-17(26)21-13-5-9-18(10-6-13)7-3-2-4-8-18/h11,13H,2-10H2,1H3,(H3,20,21,22,23,24,25,26). The lowest BCUT2D eigenvalue weighted by atomic mass is 9.64. The predicted molar refractivity (Wildman–Crippen MR) is 96.2 cm³/mol. The van der Waals surface area contributed by atoms with Gasteiger partial charge in [0.15, 0.2) is 0 Å². The van der Waals surface area contributed by atoms with Crippen molar-refractivity contribution in [1.29, 1.82) is 0 Å². The lowest BCUT2D eigenvalue weighted by Gasteiger charge is -2.43. The van der Waals surface area contributed by atoms with Gasteiger partial charge in [-0.2, -0.15) is 14.4 Å². The SMILES string of the molecule is CC(=O)Nc1nc(F)cc(NC(=O)NC2CCC3(CCCCC3)CC2)n1. The van der Waals surface area contributed by atoms with Crippen molar-refractivity contribution in [2.24, 2.45) is 5.41 Å². The van der Waals surface area contributed by atoms with Gasteiger partial charge in [-0.1, -0.05) is 19.3 Å². The third kappa shape index (κ3) is 4.89. The van der Waals surface area contributed by atoms with Gasteiger partial charge in [-0.25, -0.2) is 4.79 Å². The number of hydrogen-bond acceptors (Lipinski definition) is 4. The molecular weight excluding hydrogens is 337 g/mol. The van der Waals surface area contributed by atoms with Crippen LogP contribution in [0.5, 0.6) is 0 Å². The van der Waals surface area contributed by atoms with E-state index in [4.69, 9.17) is 0 Å². The monoisotopic (exact) mass is 363 g/mol. The van der Waals surface area contributed by atoms with Crippen LogP contribution in [0.15, 0.2) is 6.07 Å². The third-order valence-corrected chi connectivity index (χ3v) is 5.52. The summed E-state index contributed by atoms with van der Waals surface area (Å²) in [5.41, 5.74) is 0.496. The second-order valence-electron chi connectivity index (χ2n) is 7.51. The molecule has 142 valence electrons. The lowest BCUT2D eigenvalue weighted by molar-refractivity contribution is -0.114. The fourth-order valence-corrected chi connectivity index (χ4v) is 4.21. The molecular formula is C18H26FN5O2. The summed E-state index contributed by atoms with van der Waals surface area (Å²) in [5.74, 6) is -1.40. The minimum absolute atomic E-state index is 0.0123. The summed E-state index contributed by atoms with van der Waals surface area (Å²) in [6.07, 6.45) is 10.9. The van der Waals surface area contributed by atoms with E-state index in [-0.39, 0.29) is 17.8 Å². The van der Waals surface area contributed by atoms with Crippen LogP contribution in [-0.4, -0.2) is 27.9 Å². The molecule has 2 aliphatic carbocycles. The molecule has 0 bridgehead atoms. The van der Waals surface area contributed by atoms with E-state index in [1.54, 1.807) is 0 Å². The number of aromatic nitrogens is 2. The number of nitrogens with zero attached hydrogens (tertiary/aromatic N) is 2. The van der Waals surface area contributed by atoms with Crippen molar-refractivity contribution >= 4 is 23.7 Å². The van der Waals surface area contributed by atoms with Gasteiger partial charge in [-0.15, -0.1) is 0 Å². The molecule has 0 atom stereocenters. The van der Waals surface area contributed by atoms with Crippen molar-refractivity contribution in [3.8, 4) is 0 Å². The van der Waals surface area contributed by atoms with E-state index < -0.39 is 17.9 Å². The molecule has 1 spiro atoms. The molecule has 3 rings (SSSR count). The van der Waals surface area contributed by atoms with Crippen LogP contribution in [0.2, 0.25) is 0 Å². The van der Waals surface area contributed by atoms with Crippen molar-refractivity contribution in [1.82, 2.24) is 15.3 Å². The van der Waals surface area contributed by atoms with E-state index in [9.17, 15) is 14.0 Å². The summed E-state index contributed by atoms with van der Waals surface area (Å²) in [6, 6.07) is 0.730. The van der Waals surface area contributed by atoms with Crippen LogP contribution in [0.3, 0.4) is 0 Å². The largest absolute Gasteiger partial charge is 0.335 e. The van der Waals surface area contributed by atoms with Crippen LogP contribution >= 0.6 is 0 Å². The second kappa shape index (κ2) is 7.97. The van der Waals surface area contributed by atoms with Crippen LogP contribution in [-0.2, 0) is 4.79 Å². The summed E-state index contributed by atoms with van der Waals surface area (Å²) in [4.78, 5) is 30.6. The number of hydrogen-bond donors (Lipinski definition) is 3. The average molecular weight is 363 g/mol. The molecule has 7 nitrogen and oxygen atoms in total. The third-order valence-electron chi connectivity index (χ3n) is 5.52. The maximum atomic E-state index is 13.5. The maximum absolute atomic E-state index is 13.5. The highest BCUT2D eigenvalue weighted by Crippen LogP contribution is 2.47. The molecule has 0 aromatic carbocycles. The van der Waals surface area contributed by atoms with E-state index in [0.717, 1.165) is 31.7 Å². The topological polar surface area (TPSA) is 96.0 Å². The van der Waals surface area contributed by atoms with Crippen LogP contribution in [0.4, 0.5) is 21.0 Å². The summed E-state index contributed by atoms with van der Waals surface area (Å²) in [6.45, 7) is 1.27. The number of rotatable bonds is 3. The molecule has 3 N–H and O–H groups in total. The first kappa shape index (κ1) is 18.5. The highest BCUT2D eigenvalue weighted by atomic mass is 19.1. The van der Waals surface area contributed by atoms with E-state index in [0.29, 0.717) is 5.41 Å². The molecule has 1 heterocycles. The lowest BCUT2D eigenvalue weighted by Crippen LogP contribution is -2.43. The Morgan fingerprint density at radius 3 is 2.42 bits per heavy atom. The van der Waals surface area contributed by atoms with Crippen LogP contribution in [0.1, 0.15) is 64.7 Å². The Labute approximate surface area is 152 Å². The van der Waals surface area contributed by atoms with Gasteiger partial charge in [0.05, 0.1) is 0 Å². The molecule has 0 radical (unpaired) electrons. The normalized spacial score (nSPS) is 19.8. The smallest absolute Gasteiger partial charge is 0.320 e. The first-order valence-corrected chi connectivity index (χ1v) is 9.34. The molecule has 2 aliphatic rings. The molecule has 26 heavy (non-hydrogen) atoms. The number of halogens is 1. The maximum Gasteiger partial charge on any atom is 0.320 e. The van der Waals surface area contributed by atoms with Gasteiger partial charge in [0.2, 0.25) is 17.8 Å². The highest BCUT2D eigenvalue weighted by Gasteiger charge is 2.36. The summed E-state index contributed by atoms with van der Waals surface area (Å²) in [5, 5.41) is 7.77. The summed E-state index contributed by atoms with van der Waals surface area (Å²) in [7, 11) is 0. The minimum Gasteiger partial charge on any atom is -0.335 e. The fourth-order valence-electron chi connectivity index (χ4n) is 4.21. The Hall–Kier alpha value is -2.25. The zero-order valence-electron chi connectivity index (χ0n) is 15.1. The van der Waals surface area contributed by atoms with E-state index in [1.165, 1.54) is 39.0 Å². The highest BCUT2D eigenvalue weighted by molar-refractivity contribution is 5.89. The van der Waals surface area contributed by atoms with Gasteiger partial charge in [-0.3, -0.25) is 15.4 Å². The molecule has 2 saturated carbocycles. The molecule has 2 fully saturated rings. The number of urea groups is 1. The zero-order valence-corrected chi connectivity index (χ0v) is 15.1. The first-order valence-electron chi connectivity index (χ1n) is 9.34. The van der Waals surface area contributed by atoms with Crippen molar-refractivity contribution in [2.45, 2.75) is 70.8 Å². The molecule has 1 aromatic heterocycles. The van der Waals surface area contributed by atoms with E-state index in [2.05, 4.69) is 25.9 Å². The Morgan fingerprint density at radius 2 is 1.77 bits per heavy atom. The summed E-state index contributed by atoms with van der Waals surface area (Å²) < 4.78 is 13.5. The Bertz CT molecular complexity index is 666. The number of anilines is 2. The van der Waals surface area contributed by atoms with Gasteiger partial charge < -0.3 is 5.32 Å². The Balaban J connectivity index is 1.51. The Kier molecular flexibility index (Phi) is 5.68. The molecule has 3 amide bonds.